The molecule has 0 spiro atoms. The maximum Gasteiger partial charge on any atom is 0.306 e. The van der Waals surface area contributed by atoms with Crippen LogP contribution in [0.25, 0.3) is 0 Å². The molecule has 3 unspecified atom stereocenters. The largest absolute Gasteiger partial charge is 0.396 e. The number of aliphatic hydroxyl groups is 2. The molecular formula is C11H20N4O4. The van der Waals surface area contributed by atoms with E-state index in [2.05, 4.69) is 10.4 Å². The highest BCUT2D eigenvalue weighted by Crippen LogP contribution is 2.08. The van der Waals surface area contributed by atoms with Gasteiger partial charge in [-0.15, -0.1) is 0 Å². The molecule has 0 aliphatic carbocycles. The summed E-state index contributed by atoms with van der Waals surface area (Å²) in [6, 6.07) is 0.0756. The number of aliphatic hydroxyl groups excluding tert-OH is 2. The number of nitrogens with zero attached hydrogens (tertiary/aromatic N) is 3. The molecule has 0 bridgehead atoms. The van der Waals surface area contributed by atoms with Gasteiger partial charge in [0.2, 0.25) is 0 Å². The van der Waals surface area contributed by atoms with Crippen LogP contribution in [0.3, 0.4) is 0 Å². The van der Waals surface area contributed by atoms with Crippen molar-refractivity contribution >= 4 is 5.69 Å². The molecule has 0 radical (unpaired) electrons. The molecule has 1 heterocycles. The Hall–Kier alpha value is -1.51. The Kier molecular flexibility index (Phi) is 5.87. The number of hydrogen-bond donors (Lipinski definition) is 3. The van der Waals surface area contributed by atoms with Crippen LogP contribution in [0.1, 0.15) is 13.8 Å². The molecule has 0 fully saturated rings. The normalized spacial score (nSPS) is 16.0. The average Bonchev–Trinajstić information content (AvgIpc) is 2.83. The summed E-state index contributed by atoms with van der Waals surface area (Å²) in [7, 11) is 0. The number of nitrogens with one attached hydrogen (secondary N) is 1. The van der Waals surface area contributed by atoms with Gasteiger partial charge in [-0.3, -0.25) is 14.8 Å². The van der Waals surface area contributed by atoms with E-state index in [4.69, 9.17) is 5.11 Å². The van der Waals surface area contributed by atoms with Crippen molar-refractivity contribution in [2.75, 3.05) is 13.2 Å². The van der Waals surface area contributed by atoms with Crippen LogP contribution in [0.4, 0.5) is 5.69 Å². The number of rotatable bonds is 8. The minimum absolute atomic E-state index is 0.0756. The third-order valence-electron chi connectivity index (χ3n) is 3.05. The Bertz CT molecular complexity index is 409. The van der Waals surface area contributed by atoms with Gasteiger partial charge in [0.15, 0.2) is 0 Å². The van der Waals surface area contributed by atoms with E-state index in [9.17, 15) is 15.2 Å². The van der Waals surface area contributed by atoms with E-state index in [-0.39, 0.29) is 30.8 Å². The smallest absolute Gasteiger partial charge is 0.306 e. The molecule has 3 N–H and O–H groups in total. The molecule has 1 aromatic heterocycles. The van der Waals surface area contributed by atoms with E-state index in [1.807, 2.05) is 13.8 Å². The number of hydrogen-bond acceptors (Lipinski definition) is 6. The van der Waals surface area contributed by atoms with Gasteiger partial charge >= 0.3 is 5.69 Å². The molecule has 108 valence electrons. The highest BCUT2D eigenvalue weighted by Gasteiger charge is 2.14. The summed E-state index contributed by atoms with van der Waals surface area (Å²) < 4.78 is 1.34. The second kappa shape index (κ2) is 7.17. The third-order valence-corrected chi connectivity index (χ3v) is 3.05. The zero-order valence-electron chi connectivity index (χ0n) is 11.1. The molecule has 19 heavy (non-hydrogen) atoms. The van der Waals surface area contributed by atoms with Crippen molar-refractivity contribution in [2.45, 2.75) is 32.5 Å². The van der Waals surface area contributed by atoms with Gasteiger partial charge < -0.3 is 15.5 Å². The van der Waals surface area contributed by atoms with E-state index in [1.165, 1.54) is 10.9 Å². The number of aromatic nitrogens is 2. The SMILES string of the molecule is CC(CO)C(C)NCC(O)Cn1cc([N+](=O)[O-])cn1. The predicted octanol–water partition coefficient (Wildman–Crippen LogP) is -0.241. The van der Waals surface area contributed by atoms with Crippen LogP contribution in [-0.2, 0) is 6.54 Å². The van der Waals surface area contributed by atoms with Crippen LogP contribution in [0, 0.1) is 16.0 Å². The highest BCUT2D eigenvalue weighted by atomic mass is 16.6. The Labute approximate surface area is 111 Å². The van der Waals surface area contributed by atoms with Crippen molar-refractivity contribution in [1.29, 1.82) is 0 Å². The fourth-order valence-electron chi connectivity index (χ4n) is 1.51. The van der Waals surface area contributed by atoms with Crippen LogP contribution in [0.15, 0.2) is 12.4 Å². The average molecular weight is 272 g/mol. The first-order valence-electron chi connectivity index (χ1n) is 6.13. The quantitative estimate of drug-likeness (QED) is 0.444. The first-order valence-corrected chi connectivity index (χ1v) is 6.13. The van der Waals surface area contributed by atoms with Gasteiger partial charge in [-0.05, 0) is 12.8 Å². The van der Waals surface area contributed by atoms with Gasteiger partial charge in [0.1, 0.15) is 12.4 Å². The molecule has 0 amide bonds. The summed E-state index contributed by atoms with van der Waals surface area (Å²) in [4.78, 5) is 9.95. The lowest BCUT2D eigenvalue weighted by atomic mass is 10.1. The Morgan fingerprint density at radius 3 is 2.79 bits per heavy atom. The van der Waals surface area contributed by atoms with E-state index in [0.29, 0.717) is 6.54 Å². The molecule has 0 aromatic carbocycles. The summed E-state index contributed by atoms with van der Waals surface area (Å²) in [5, 5.41) is 36.2. The second-order valence-electron chi connectivity index (χ2n) is 4.69. The monoisotopic (exact) mass is 272 g/mol. The van der Waals surface area contributed by atoms with Crippen LogP contribution in [-0.4, -0.2) is 50.2 Å². The van der Waals surface area contributed by atoms with Crippen LogP contribution >= 0.6 is 0 Å². The van der Waals surface area contributed by atoms with E-state index in [1.54, 1.807) is 0 Å². The summed E-state index contributed by atoms with van der Waals surface area (Å²) in [5.74, 6) is 0.0954. The predicted molar refractivity (Wildman–Crippen MR) is 68.6 cm³/mol. The summed E-state index contributed by atoms with van der Waals surface area (Å²) in [5.41, 5.74) is -0.0950. The van der Waals surface area contributed by atoms with Crippen molar-refractivity contribution in [1.82, 2.24) is 15.1 Å². The Morgan fingerprint density at radius 2 is 2.26 bits per heavy atom. The van der Waals surface area contributed by atoms with Crippen LogP contribution in [0.2, 0.25) is 0 Å². The van der Waals surface area contributed by atoms with Crippen LogP contribution < -0.4 is 5.32 Å². The van der Waals surface area contributed by atoms with E-state index in [0.717, 1.165) is 6.20 Å². The summed E-state index contributed by atoms with van der Waals surface area (Å²) in [6.07, 6.45) is 1.73. The van der Waals surface area contributed by atoms with Gasteiger partial charge in [0, 0.05) is 19.2 Å². The first-order chi connectivity index (χ1) is 8.93. The molecular weight excluding hydrogens is 252 g/mol. The third kappa shape index (κ3) is 4.93. The molecule has 1 aromatic rings. The molecule has 3 atom stereocenters. The van der Waals surface area contributed by atoms with Gasteiger partial charge in [-0.25, -0.2) is 0 Å². The minimum atomic E-state index is -0.701. The fraction of sp³-hybridized carbons (Fsp3) is 0.727. The standard InChI is InChI=1S/C11H20N4O4/c1-8(7-16)9(2)12-4-11(17)6-14-5-10(3-13-14)15(18)19/h3,5,8-9,11-12,16-17H,4,6-7H2,1-2H3. The second-order valence-corrected chi connectivity index (χ2v) is 4.69. The maximum absolute atomic E-state index is 10.5. The van der Waals surface area contributed by atoms with Gasteiger partial charge in [-0.1, -0.05) is 6.92 Å². The zero-order chi connectivity index (χ0) is 14.4. The topological polar surface area (TPSA) is 113 Å². The maximum atomic E-state index is 10.5. The van der Waals surface area contributed by atoms with E-state index >= 15 is 0 Å². The van der Waals surface area contributed by atoms with Crippen molar-refractivity contribution in [3.63, 3.8) is 0 Å². The van der Waals surface area contributed by atoms with Crippen molar-refractivity contribution in [3.05, 3.63) is 22.5 Å². The lowest BCUT2D eigenvalue weighted by molar-refractivity contribution is -0.385. The van der Waals surface area contributed by atoms with Gasteiger partial charge in [-0.2, -0.15) is 5.10 Å². The minimum Gasteiger partial charge on any atom is -0.396 e. The first kappa shape index (κ1) is 15.5. The molecule has 0 saturated carbocycles. The lowest BCUT2D eigenvalue weighted by Gasteiger charge is -2.21. The molecule has 0 aliphatic rings. The highest BCUT2D eigenvalue weighted by molar-refractivity contribution is 5.20. The van der Waals surface area contributed by atoms with E-state index < -0.39 is 11.0 Å². The van der Waals surface area contributed by atoms with Crippen LogP contribution in [0.5, 0.6) is 0 Å². The molecule has 0 saturated heterocycles. The Balaban J connectivity index is 2.38. The molecule has 1 rings (SSSR count). The zero-order valence-corrected chi connectivity index (χ0v) is 11.1. The van der Waals surface area contributed by atoms with Gasteiger partial charge in [0.05, 0.1) is 17.6 Å². The number of nitro groups is 1. The van der Waals surface area contributed by atoms with Crippen molar-refractivity contribution < 1.29 is 15.1 Å². The Morgan fingerprint density at radius 1 is 1.58 bits per heavy atom. The molecule has 8 nitrogen and oxygen atoms in total. The summed E-state index contributed by atoms with van der Waals surface area (Å²) >= 11 is 0. The van der Waals surface area contributed by atoms with Crippen molar-refractivity contribution in [3.8, 4) is 0 Å². The molecule has 0 aliphatic heterocycles. The fourth-order valence-corrected chi connectivity index (χ4v) is 1.51. The molecule has 8 heteroatoms. The van der Waals surface area contributed by atoms with Gasteiger partial charge in [0.25, 0.3) is 0 Å². The lowest BCUT2D eigenvalue weighted by Crippen LogP contribution is -2.40. The van der Waals surface area contributed by atoms with Crippen molar-refractivity contribution in [2.24, 2.45) is 5.92 Å². The summed E-state index contributed by atoms with van der Waals surface area (Å²) in [6.45, 7) is 4.42.